The van der Waals surface area contributed by atoms with Gasteiger partial charge in [0.05, 0.1) is 6.04 Å². The van der Waals surface area contributed by atoms with Gasteiger partial charge in [-0.1, -0.05) is 36.5 Å². The third kappa shape index (κ3) is 2.41. The van der Waals surface area contributed by atoms with Crippen molar-refractivity contribution in [2.45, 2.75) is 32.2 Å². The molecule has 2 aliphatic rings. The highest BCUT2D eigenvalue weighted by Gasteiger charge is 2.16. The molecule has 1 nitrogen and oxygen atoms in total. The molecule has 0 fully saturated rings. The lowest BCUT2D eigenvalue weighted by Crippen LogP contribution is -2.33. The van der Waals surface area contributed by atoms with Crippen LogP contribution < -0.4 is 0 Å². The first-order chi connectivity index (χ1) is 7.42. The zero-order chi connectivity index (χ0) is 10.5. The zero-order valence-electron chi connectivity index (χ0n) is 9.39. The average Bonchev–Trinajstić information content (AvgIpc) is 2.33. The van der Waals surface area contributed by atoms with Crippen LogP contribution in [0.4, 0.5) is 0 Å². The van der Waals surface area contributed by atoms with Crippen LogP contribution in [0.25, 0.3) is 0 Å². The summed E-state index contributed by atoms with van der Waals surface area (Å²) in [5, 5.41) is 0. The molecular weight excluding hydrogens is 182 g/mol. The van der Waals surface area contributed by atoms with Crippen LogP contribution in [0.1, 0.15) is 26.2 Å². The van der Waals surface area contributed by atoms with E-state index in [1.54, 1.807) is 0 Å². The van der Waals surface area contributed by atoms with E-state index in [1.807, 2.05) is 0 Å². The van der Waals surface area contributed by atoms with Crippen molar-refractivity contribution in [1.29, 1.82) is 0 Å². The van der Waals surface area contributed by atoms with E-state index in [1.165, 1.54) is 18.5 Å². The molecule has 0 spiro atoms. The SMILES string of the molecule is CCN(C1=CC=CCC1)[C@H]1C=CC=CC1. The van der Waals surface area contributed by atoms with Gasteiger partial charge in [0.25, 0.3) is 0 Å². The van der Waals surface area contributed by atoms with E-state index < -0.39 is 0 Å². The lowest BCUT2D eigenvalue weighted by molar-refractivity contribution is 0.295. The Morgan fingerprint density at radius 2 is 2.20 bits per heavy atom. The van der Waals surface area contributed by atoms with E-state index >= 15 is 0 Å². The van der Waals surface area contributed by atoms with E-state index in [2.05, 4.69) is 54.4 Å². The van der Waals surface area contributed by atoms with Crippen molar-refractivity contribution in [3.8, 4) is 0 Å². The molecule has 1 atom stereocenters. The lowest BCUT2D eigenvalue weighted by Gasteiger charge is -2.34. The number of allylic oxidation sites excluding steroid dienone is 6. The molecule has 0 saturated carbocycles. The van der Waals surface area contributed by atoms with Crippen LogP contribution in [0.5, 0.6) is 0 Å². The van der Waals surface area contributed by atoms with Gasteiger partial charge in [-0.3, -0.25) is 0 Å². The second kappa shape index (κ2) is 5.01. The van der Waals surface area contributed by atoms with Gasteiger partial charge < -0.3 is 4.90 Å². The van der Waals surface area contributed by atoms with Gasteiger partial charge in [-0.15, -0.1) is 0 Å². The highest BCUT2D eigenvalue weighted by atomic mass is 15.2. The fourth-order valence-corrected chi connectivity index (χ4v) is 2.28. The smallest absolute Gasteiger partial charge is 0.0507 e. The minimum absolute atomic E-state index is 0.567. The van der Waals surface area contributed by atoms with Crippen molar-refractivity contribution in [3.63, 3.8) is 0 Å². The first-order valence-electron chi connectivity index (χ1n) is 5.87. The van der Waals surface area contributed by atoms with Gasteiger partial charge in [0.1, 0.15) is 0 Å². The number of rotatable bonds is 3. The first kappa shape index (κ1) is 10.3. The summed E-state index contributed by atoms with van der Waals surface area (Å²) < 4.78 is 0. The van der Waals surface area contributed by atoms with Crippen molar-refractivity contribution < 1.29 is 0 Å². The predicted octanol–water partition coefficient (Wildman–Crippen LogP) is 3.43. The number of hydrogen-bond donors (Lipinski definition) is 0. The normalized spacial score (nSPS) is 24.1. The summed E-state index contributed by atoms with van der Waals surface area (Å²) >= 11 is 0. The average molecular weight is 201 g/mol. The highest BCUT2D eigenvalue weighted by Crippen LogP contribution is 2.22. The summed E-state index contributed by atoms with van der Waals surface area (Å²) in [4.78, 5) is 2.52. The maximum Gasteiger partial charge on any atom is 0.0507 e. The van der Waals surface area contributed by atoms with Gasteiger partial charge in [-0.25, -0.2) is 0 Å². The van der Waals surface area contributed by atoms with E-state index in [4.69, 9.17) is 0 Å². The van der Waals surface area contributed by atoms with Crippen LogP contribution in [0.2, 0.25) is 0 Å². The molecule has 0 aromatic rings. The Kier molecular flexibility index (Phi) is 3.44. The molecule has 15 heavy (non-hydrogen) atoms. The third-order valence-electron chi connectivity index (χ3n) is 3.06. The van der Waals surface area contributed by atoms with Crippen molar-refractivity contribution in [1.82, 2.24) is 4.90 Å². The Hall–Kier alpha value is -1.24. The number of nitrogens with zero attached hydrogens (tertiary/aromatic N) is 1. The molecule has 0 amide bonds. The summed E-state index contributed by atoms with van der Waals surface area (Å²) in [5.74, 6) is 0. The van der Waals surface area contributed by atoms with Crippen LogP contribution in [0, 0.1) is 0 Å². The van der Waals surface area contributed by atoms with Crippen molar-refractivity contribution in [2.75, 3.05) is 6.54 Å². The van der Waals surface area contributed by atoms with Crippen LogP contribution in [0.15, 0.2) is 48.2 Å². The van der Waals surface area contributed by atoms with Crippen molar-refractivity contribution >= 4 is 0 Å². The molecule has 0 aromatic carbocycles. The first-order valence-corrected chi connectivity index (χ1v) is 5.87. The zero-order valence-corrected chi connectivity index (χ0v) is 9.39. The van der Waals surface area contributed by atoms with Crippen LogP contribution >= 0.6 is 0 Å². The molecule has 0 aliphatic heterocycles. The van der Waals surface area contributed by atoms with Gasteiger partial charge in [-0.05, 0) is 32.3 Å². The molecule has 2 aliphatic carbocycles. The Morgan fingerprint density at radius 3 is 2.80 bits per heavy atom. The maximum atomic E-state index is 2.52. The summed E-state index contributed by atoms with van der Waals surface area (Å²) in [5.41, 5.74) is 1.49. The number of likely N-dealkylation sites (N-methyl/N-ethyl adjacent to an activating group) is 1. The van der Waals surface area contributed by atoms with Crippen molar-refractivity contribution in [3.05, 3.63) is 48.2 Å². The minimum atomic E-state index is 0.567. The van der Waals surface area contributed by atoms with E-state index in [0.29, 0.717) is 6.04 Å². The van der Waals surface area contributed by atoms with E-state index in [0.717, 1.165) is 13.0 Å². The quantitative estimate of drug-likeness (QED) is 0.676. The molecular formula is C14H19N. The third-order valence-corrected chi connectivity index (χ3v) is 3.06. The molecule has 80 valence electrons. The Bertz CT molecular complexity index is 320. The lowest BCUT2D eigenvalue weighted by atomic mass is 10.0. The molecule has 0 saturated heterocycles. The number of hydrogen-bond acceptors (Lipinski definition) is 1. The molecule has 2 rings (SSSR count). The monoisotopic (exact) mass is 201 g/mol. The van der Waals surface area contributed by atoms with Crippen LogP contribution in [0.3, 0.4) is 0 Å². The standard InChI is InChI=1S/C14H19N/c1-2-15(13-9-5-3-6-10-13)14-11-7-4-8-12-14/h3-7,9,11,13H,2,8,10,12H2,1H3/t13-/m0/s1. The Morgan fingerprint density at radius 1 is 1.27 bits per heavy atom. The Balaban J connectivity index is 2.09. The largest absolute Gasteiger partial charge is 0.368 e. The topological polar surface area (TPSA) is 3.24 Å². The molecule has 0 N–H and O–H groups in total. The predicted molar refractivity (Wildman–Crippen MR) is 65.5 cm³/mol. The summed E-state index contributed by atoms with van der Waals surface area (Å²) in [6.07, 6.45) is 19.1. The molecule has 0 bridgehead atoms. The maximum absolute atomic E-state index is 2.52. The molecule has 0 unspecified atom stereocenters. The fourth-order valence-electron chi connectivity index (χ4n) is 2.28. The summed E-state index contributed by atoms with van der Waals surface area (Å²) in [6.45, 7) is 3.34. The highest BCUT2D eigenvalue weighted by molar-refractivity contribution is 5.21. The molecule has 0 heterocycles. The van der Waals surface area contributed by atoms with Crippen LogP contribution in [-0.2, 0) is 0 Å². The van der Waals surface area contributed by atoms with E-state index in [-0.39, 0.29) is 0 Å². The van der Waals surface area contributed by atoms with Gasteiger partial charge in [-0.2, -0.15) is 0 Å². The van der Waals surface area contributed by atoms with E-state index in [9.17, 15) is 0 Å². The Labute approximate surface area is 92.5 Å². The molecule has 0 radical (unpaired) electrons. The molecule has 1 heteroatoms. The second-order valence-corrected chi connectivity index (χ2v) is 4.03. The van der Waals surface area contributed by atoms with Gasteiger partial charge >= 0.3 is 0 Å². The van der Waals surface area contributed by atoms with Crippen LogP contribution in [-0.4, -0.2) is 17.5 Å². The summed E-state index contributed by atoms with van der Waals surface area (Å²) in [6, 6.07) is 0.567. The fraction of sp³-hybridized carbons (Fsp3) is 0.429. The molecule has 0 aromatic heterocycles. The van der Waals surface area contributed by atoms with Crippen molar-refractivity contribution in [2.24, 2.45) is 0 Å². The van der Waals surface area contributed by atoms with Gasteiger partial charge in [0, 0.05) is 12.2 Å². The summed E-state index contributed by atoms with van der Waals surface area (Å²) in [7, 11) is 0. The minimum Gasteiger partial charge on any atom is -0.368 e. The second-order valence-electron chi connectivity index (χ2n) is 4.03. The van der Waals surface area contributed by atoms with Gasteiger partial charge in [0.2, 0.25) is 0 Å². The van der Waals surface area contributed by atoms with Gasteiger partial charge in [0.15, 0.2) is 0 Å².